The highest BCUT2D eigenvalue weighted by molar-refractivity contribution is 6.16. The molecule has 1 aromatic rings. The number of aliphatic hydroxyl groups excluding tert-OH is 1. The van der Waals surface area contributed by atoms with Crippen LogP contribution < -0.4 is 10.2 Å². The molecule has 96 valence electrons. The van der Waals surface area contributed by atoms with E-state index in [0.29, 0.717) is 0 Å². The number of aliphatic hydroxyl groups is 2. The number of hydrogen-bond donors (Lipinski definition) is 2. The fourth-order valence-electron chi connectivity index (χ4n) is 1.31. The predicted octanol–water partition coefficient (Wildman–Crippen LogP) is -3.54. The summed E-state index contributed by atoms with van der Waals surface area (Å²) in [5.74, 6) is -6.22. The predicted molar refractivity (Wildman–Crippen MR) is 51.7 cm³/mol. The normalized spacial score (nSPS) is 15.4. The summed E-state index contributed by atoms with van der Waals surface area (Å²) in [6, 6.07) is 6.56. The highest BCUT2D eigenvalue weighted by Crippen LogP contribution is 2.17. The highest BCUT2D eigenvalue weighted by Gasteiger charge is 2.46. The molecule has 0 aliphatic carbocycles. The van der Waals surface area contributed by atoms with E-state index in [2.05, 4.69) is 0 Å². The molecule has 0 amide bonds. The number of benzene rings is 1. The van der Waals surface area contributed by atoms with Crippen molar-refractivity contribution in [1.29, 1.82) is 0 Å². The summed E-state index contributed by atoms with van der Waals surface area (Å²) in [5.41, 5.74) is -3.88. The van der Waals surface area contributed by atoms with Crippen molar-refractivity contribution in [2.45, 2.75) is 11.7 Å². The van der Waals surface area contributed by atoms with Crippen molar-refractivity contribution >= 4 is 17.7 Å². The van der Waals surface area contributed by atoms with Crippen LogP contribution in [0.15, 0.2) is 30.3 Å². The summed E-state index contributed by atoms with van der Waals surface area (Å²) in [5, 5.41) is 39.8. The van der Waals surface area contributed by atoms with Gasteiger partial charge in [0.2, 0.25) is 5.78 Å². The highest BCUT2D eigenvalue weighted by atomic mass is 16.4. The van der Waals surface area contributed by atoms with Gasteiger partial charge in [0.15, 0.2) is 5.60 Å². The van der Waals surface area contributed by atoms with E-state index in [1.165, 1.54) is 18.2 Å². The molecular formula is C11H8O7-2. The number of carbonyl (C=O) groups is 3. The molecule has 0 bridgehead atoms. The smallest absolute Gasteiger partial charge is 0.203 e. The second kappa shape index (κ2) is 4.94. The third kappa shape index (κ3) is 2.22. The van der Waals surface area contributed by atoms with Gasteiger partial charge in [-0.05, 0) is 0 Å². The first-order valence-corrected chi connectivity index (χ1v) is 4.74. The minimum Gasteiger partial charge on any atom is -0.547 e. The zero-order valence-electron chi connectivity index (χ0n) is 8.90. The maximum Gasteiger partial charge on any atom is 0.203 e. The second-order valence-electron chi connectivity index (χ2n) is 3.47. The molecule has 2 N–H and O–H groups in total. The van der Waals surface area contributed by atoms with Crippen LogP contribution in [0.4, 0.5) is 0 Å². The van der Waals surface area contributed by atoms with Gasteiger partial charge in [0.25, 0.3) is 0 Å². The van der Waals surface area contributed by atoms with E-state index in [9.17, 15) is 29.7 Å². The summed E-state index contributed by atoms with van der Waals surface area (Å²) in [6.45, 7) is 0. The van der Waals surface area contributed by atoms with Crippen LogP contribution in [-0.2, 0) is 9.59 Å². The van der Waals surface area contributed by atoms with Gasteiger partial charge in [-0.25, -0.2) is 0 Å². The standard InChI is InChI=1S/C11H10O7/c12-7(6-4-2-1-3-5-6)11(18,10(16)17)8(13)9(14)15/h1-5,8,13,18H,(H,14,15)(H,16,17)/p-2. The lowest BCUT2D eigenvalue weighted by Gasteiger charge is -2.32. The summed E-state index contributed by atoms with van der Waals surface area (Å²) in [6.07, 6.45) is -2.93. The lowest BCUT2D eigenvalue weighted by atomic mass is 9.87. The van der Waals surface area contributed by atoms with Gasteiger partial charge >= 0.3 is 0 Å². The zero-order chi connectivity index (χ0) is 13.9. The zero-order valence-corrected chi connectivity index (χ0v) is 8.90. The molecule has 2 atom stereocenters. The fraction of sp³-hybridized carbons (Fsp3) is 0.182. The Kier molecular flexibility index (Phi) is 3.79. The number of aliphatic carboxylic acids is 2. The molecule has 7 nitrogen and oxygen atoms in total. The first kappa shape index (κ1) is 13.8. The monoisotopic (exact) mass is 252 g/mol. The van der Waals surface area contributed by atoms with Crippen molar-refractivity contribution in [3.8, 4) is 0 Å². The molecule has 1 rings (SSSR count). The topological polar surface area (TPSA) is 138 Å². The quantitative estimate of drug-likeness (QED) is 0.409. The maximum absolute atomic E-state index is 11.7. The van der Waals surface area contributed by atoms with Crippen molar-refractivity contribution in [3.05, 3.63) is 35.9 Å². The number of carboxylic acid groups (broad SMARTS) is 2. The molecule has 0 aromatic heterocycles. The largest absolute Gasteiger partial charge is 0.547 e. The third-order valence-electron chi connectivity index (χ3n) is 2.31. The Morgan fingerprint density at radius 3 is 2.00 bits per heavy atom. The van der Waals surface area contributed by atoms with E-state index in [1.807, 2.05) is 0 Å². The molecule has 1 aromatic carbocycles. The lowest BCUT2D eigenvalue weighted by Crippen LogP contribution is -2.65. The van der Waals surface area contributed by atoms with Crippen LogP contribution in [0, 0.1) is 0 Å². The molecule has 0 saturated carbocycles. The Morgan fingerprint density at radius 1 is 1.11 bits per heavy atom. The average Bonchev–Trinajstić information content (AvgIpc) is 2.36. The van der Waals surface area contributed by atoms with Crippen LogP contribution in [0.3, 0.4) is 0 Å². The van der Waals surface area contributed by atoms with E-state index >= 15 is 0 Å². The Balaban J connectivity index is 3.26. The van der Waals surface area contributed by atoms with Crippen LogP contribution >= 0.6 is 0 Å². The van der Waals surface area contributed by atoms with E-state index in [-0.39, 0.29) is 5.56 Å². The lowest BCUT2D eigenvalue weighted by molar-refractivity contribution is -0.339. The number of Topliss-reactive ketones (excluding diaryl/α,β-unsaturated/α-hetero) is 1. The first-order chi connectivity index (χ1) is 8.31. The number of ketones is 1. The van der Waals surface area contributed by atoms with Gasteiger partial charge < -0.3 is 30.0 Å². The van der Waals surface area contributed by atoms with Crippen molar-refractivity contribution < 1.29 is 34.8 Å². The Labute approximate surface area is 101 Å². The van der Waals surface area contributed by atoms with Crippen LogP contribution in [0.25, 0.3) is 0 Å². The molecule has 7 heteroatoms. The van der Waals surface area contributed by atoms with Crippen molar-refractivity contribution in [2.75, 3.05) is 0 Å². The summed E-state index contributed by atoms with van der Waals surface area (Å²) < 4.78 is 0. The maximum atomic E-state index is 11.7. The van der Waals surface area contributed by atoms with Crippen LogP contribution in [0.2, 0.25) is 0 Å². The van der Waals surface area contributed by atoms with Crippen LogP contribution in [0.1, 0.15) is 10.4 Å². The summed E-state index contributed by atoms with van der Waals surface area (Å²) in [7, 11) is 0. The van der Waals surface area contributed by atoms with E-state index in [0.717, 1.165) is 12.1 Å². The molecule has 0 radical (unpaired) electrons. The van der Waals surface area contributed by atoms with E-state index in [4.69, 9.17) is 5.11 Å². The summed E-state index contributed by atoms with van der Waals surface area (Å²) >= 11 is 0. The van der Waals surface area contributed by atoms with E-state index < -0.39 is 29.4 Å². The van der Waals surface area contributed by atoms with Crippen molar-refractivity contribution in [3.63, 3.8) is 0 Å². The molecule has 0 aliphatic rings. The number of rotatable bonds is 5. The number of carbonyl (C=O) groups excluding carboxylic acids is 3. The number of hydrogen-bond acceptors (Lipinski definition) is 7. The molecule has 0 spiro atoms. The molecule has 18 heavy (non-hydrogen) atoms. The molecule has 0 heterocycles. The second-order valence-corrected chi connectivity index (χ2v) is 3.47. The van der Waals surface area contributed by atoms with Crippen LogP contribution in [0.5, 0.6) is 0 Å². The molecular weight excluding hydrogens is 244 g/mol. The fourth-order valence-corrected chi connectivity index (χ4v) is 1.31. The Bertz CT molecular complexity index is 481. The minimum absolute atomic E-state index is 0.287. The first-order valence-electron chi connectivity index (χ1n) is 4.74. The van der Waals surface area contributed by atoms with Gasteiger partial charge in [-0.2, -0.15) is 0 Å². The molecule has 0 fully saturated rings. The molecule has 2 unspecified atom stereocenters. The number of carboxylic acids is 2. The third-order valence-corrected chi connectivity index (χ3v) is 2.31. The minimum atomic E-state index is -3.60. The van der Waals surface area contributed by atoms with Gasteiger partial charge in [-0.1, -0.05) is 30.3 Å². The SMILES string of the molecule is O=C([O-])C(O)C(O)(C(=O)[O-])C(=O)c1ccccc1. The van der Waals surface area contributed by atoms with Crippen LogP contribution in [-0.4, -0.2) is 39.6 Å². The average molecular weight is 252 g/mol. The Morgan fingerprint density at radius 2 is 1.61 bits per heavy atom. The Hall–Kier alpha value is -2.25. The molecule has 0 saturated heterocycles. The van der Waals surface area contributed by atoms with Gasteiger partial charge in [-0.3, -0.25) is 4.79 Å². The molecule has 0 aliphatic heterocycles. The van der Waals surface area contributed by atoms with Gasteiger partial charge in [-0.15, -0.1) is 0 Å². The van der Waals surface area contributed by atoms with E-state index in [1.54, 1.807) is 0 Å². The summed E-state index contributed by atoms with van der Waals surface area (Å²) in [4.78, 5) is 32.9. The van der Waals surface area contributed by atoms with Gasteiger partial charge in [0.1, 0.15) is 6.10 Å². The van der Waals surface area contributed by atoms with Gasteiger partial charge in [0.05, 0.1) is 11.9 Å². The van der Waals surface area contributed by atoms with Crippen molar-refractivity contribution in [1.82, 2.24) is 0 Å². The van der Waals surface area contributed by atoms with Gasteiger partial charge in [0, 0.05) is 5.56 Å². The van der Waals surface area contributed by atoms with Crippen molar-refractivity contribution in [2.24, 2.45) is 0 Å².